The highest BCUT2D eigenvalue weighted by Gasteiger charge is 2.28. The van der Waals surface area contributed by atoms with E-state index in [1.54, 1.807) is 30.0 Å². The molecule has 0 atom stereocenters. The predicted molar refractivity (Wildman–Crippen MR) is 74.6 cm³/mol. The van der Waals surface area contributed by atoms with Gasteiger partial charge in [-0.2, -0.15) is 0 Å². The predicted octanol–water partition coefficient (Wildman–Crippen LogP) is 2.27. The van der Waals surface area contributed by atoms with Gasteiger partial charge in [-0.25, -0.2) is 4.79 Å². The highest BCUT2D eigenvalue weighted by Crippen LogP contribution is 2.31. The van der Waals surface area contributed by atoms with Gasteiger partial charge in [-0.05, 0) is 37.5 Å². The zero-order valence-electron chi connectivity index (χ0n) is 11.5. The molecule has 0 saturated heterocycles. The number of anilines is 1. The quantitative estimate of drug-likeness (QED) is 0.915. The number of fused-ring (bicyclic) bond motifs is 1. The standard InChI is InChI=1S/C15H14N2O4/c1-9-12(8-16-21-9)14(18)17-7-3-5-10-11(15(19)20)4-2-6-13(10)17/h2,4,6,8H,3,5,7H2,1H3,(H,19,20). The Kier molecular flexibility index (Phi) is 3.21. The maximum absolute atomic E-state index is 12.6. The summed E-state index contributed by atoms with van der Waals surface area (Å²) in [5.41, 5.74) is 2.03. The topological polar surface area (TPSA) is 83.6 Å². The van der Waals surface area contributed by atoms with E-state index in [4.69, 9.17) is 4.52 Å². The summed E-state index contributed by atoms with van der Waals surface area (Å²) in [7, 11) is 0. The van der Waals surface area contributed by atoms with Gasteiger partial charge in [-0.3, -0.25) is 4.79 Å². The lowest BCUT2D eigenvalue weighted by Gasteiger charge is -2.30. The fourth-order valence-electron chi connectivity index (χ4n) is 2.69. The largest absolute Gasteiger partial charge is 0.478 e. The van der Waals surface area contributed by atoms with Crippen molar-refractivity contribution in [3.8, 4) is 0 Å². The molecule has 2 heterocycles. The molecule has 1 aromatic carbocycles. The third kappa shape index (κ3) is 2.18. The molecule has 0 radical (unpaired) electrons. The highest BCUT2D eigenvalue weighted by molar-refractivity contribution is 6.08. The van der Waals surface area contributed by atoms with Crippen LogP contribution >= 0.6 is 0 Å². The molecule has 1 aromatic heterocycles. The summed E-state index contributed by atoms with van der Waals surface area (Å²) < 4.78 is 4.93. The molecule has 2 aromatic rings. The van der Waals surface area contributed by atoms with Crippen LogP contribution in [-0.4, -0.2) is 28.7 Å². The first-order valence-electron chi connectivity index (χ1n) is 6.68. The first kappa shape index (κ1) is 13.4. The van der Waals surface area contributed by atoms with Gasteiger partial charge in [-0.1, -0.05) is 11.2 Å². The molecule has 0 bridgehead atoms. The van der Waals surface area contributed by atoms with Gasteiger partial charge < -0.3 is 14.5 Å². The van der Waals surface area contributed by atoms with Gasteiger partial charge >= 0.3 is 5.97 Å². The summed E-state index contributed by atoms with van der Waals surface area (Å²) >= 11 is 0. The van der Waals surface area contributed by atoms with E-state index >= 15 is 0 Å². The molecule has 0 aliphatic carbocycles. The second kappa shape index (κ2) is 5.05. The Hall–Kier alpha value is -2.63. The van der Waals surface area contributed by atoms with E-state index in [2.05, 4.69) is 5.16 Å². The van der Waals surface area contributed by atoms with Gasteiger partial charge in [0.1, 0.15) is 11.3 Å². The summed E-state index contributed by atoms with van der Waals surface area (Å²) in [4.78, 5) is 25.5. The molecule has 0 unspecified atom stereocenters. The molecule has 0 saturated carbocycles. The lowest BCUT2D eigenvalue weighted by Crippen LogP contribution is -2.36. The van der Waals surface area contributed by atoms with Crippen LogP contribution in [0.1, 0.15) is 38.5 Å². The molecule has 6 heteroatoms. The van der Waals surface area contributed by atoms with E-state index < -0.39 is 5.97 Å². The smallest absolute Gasteiger partial charge is 0.336 e. The molecule has 1 amide bonds. The minimum Gasteiger partial charge on any atom is -0.478 e. The van der Waals surface area contributed by atoms with Crippen molar-refractivity contribution >= 4 is 17.6 Å². The number of carboxylic acid groups (broad SMARTS) is 1. The Bertz CT molecular complexity index is 720. The van der Waals surface area contributed by atoms with Crippen LogP contribution in [0.2, 0.25) is 0 Å². The number of nitrogens with zero attached hydrogens (tertiary/aromatic N) is 2. The van der Waals surface area contributed by atoms with Crippen LogP contribution in [0, 0.1) is 6.92 Å². The zero-order chi connectivity index (χ0) is 15.0. The number of hydrogen-bond acceptors (Lipinski definition) is 4. The molecule has 21 heavy (non-hydrogen) atoms. The number of benzene rings is 1. The Morgan fingerprint density at radius 2 is 2.14 bits per heavy atom. The summed E-state index contributed by atoms with van der Waals surface area (Å²) in [5, 5.41) is 12.9. The summed E-state index contributed by atoms with van der Waals surface area (Å²) in [5.74, 6) is -0.721. The summed E-state index contributed by atoms with van der Waals surface area (Å²) in [6.07, 6.45) is 2.78. The number of aromatic nitrogens is 1. The lowest BCUT2D eigenvalue weighted by molar-refractivity contribution is 0.0695. The molecule has 1 aliphatic heterocycles. The lowest BCUT2D eigenvalue weighted by atomic mass is 9.95. The number of amides is 1. The number of hydrogen-bond donors (Lipinski definition) is 1. The van der Waals surface area contributed by atoms with Crippen molar-refractivity contribution in [2.45, 2.75) is 19.8 Å². The molecule has 1 N–H and O–H groups in total. The van der Waals surface area contributed by atoms with E-state index in [0.29, 0.717) is 35.5 Å². The Balaban J connectivity index is 2.05. The monoisotopic (exact) mass is 286 g/mol. The van der Waals surface area contributed by atoms with Gasteiger partial charge in [0.05, 0.1) is 11.8 Å². The molecule has 3 rings (SSSR count). The number of rotatable bonds is 2. The number of carbonyl (C=O) groups is 2. The molecule has 6 nitrogen and oxygen atoms in total. The molecule has 0 fully saturated rings. The minimum atomic E-state index is -0.970. The summed E-state index contributed by atoms with van der Waals surface area (Å²) in [6, 6.07) is 5.01. The number of aromatic carboxylic acids is 1. The van der Waals surface area contributed by atoms with Crippen LogP contribution in [0.15, 0.2) is 28.9 Å². The van der Waals surface area contributed by atoms with Crippen molar-refractivity contribution < 1.29 is 19.2 Å². The Morgan fingerprint density at radius 3 is 2.81 bits per heavy atom. The van der Waals surface area contributed by atoms with Gasteiger partial charge in [0.2, 0.25) is 0 Å². The first-order valence-corrected chi connectivity index (χ1v) is 6.68. The zero-order valence-corrected chi connectivity index (χ0v) is 11.5. The molecule has 0 spiro atoms. The SMILES string of the molecule is Cc1oncc1C(=O)N1CCCc2c(C(=O)O)cccc21. The van der Waals surface area contributed by atoms with Gasteiger partial charge in [0.25, 0.3) is 5.91 Å². The van der Waals surface area contributed by atoms with E-state index in [0.717, 1.165) is 6.42 Å². The number of carbonyl (C=O) groups excluding carboxylic acids is 1. The van der Waals surface area contributed by atoms with Crippen molar-refractivity contribution in [3.63, 3.8) is 0 Å². The van der Waals surface area contributed by atoms with E-state index in [1.807, 2.05) is 0 Å². The Morgan fingerprint density at radius 1 is 1.33 bits per heavy atom. The normalized spacial score (nSPS) is 13.9. The van der Waals surface area contributed by atoms with Crippen molar-refractivity contribution in [1.82, 2.24) is 5.16 Å². The Labute approximate surface area is 121 Å². The van der Waals surface area contributed by atoms with Crippen LogP contribution < -0.4 is 4.90 Å². The van der Waals surface area contributed by atoms with Gasteiger partial charge in [0, 0.05) is 12.2 Å². The third-order valence-corrected chi connectivity index (χ3v) is 3.71. The van der Waals surface area contributed by atoms with E-state index in [1.165, 1.54) is 6.20 Å². The first-order chi connectivity index (χ1) is 10.1. The van der Waals surface area contributed by atoms with Crippen molar-refractivity contribution in [2.75, 3.05) is 11.4 Å². The maximum atomic E-state index is 12.6. The second-order valence-corrected chi connectivity index (χ2v) is 4.96. The molecule has 1 aliphatic rings. The highest BCUT2D eigenvalue weighted by atomic mass is 16.5. The molecule has 108 valence electrons. The van der Waals surface area contributed by atoms with E-state index in [9.17, 15) is 14.7 Å². The minimum absolute atomic E-state index is 0.211. The van der Waals surface area contributed by atoms with Crippen molar-refractivity contribution in [2.24, 2.45) is 0 Å². The maximum Gasteiger partial charge on any atom is 0.336 e. The fraction of sp³-hybridized carbons (Fsp3) is 0.267. The second-order valence-electron chi connectivity index (χ2n) is 4.96. The van der Waals surface area contributed by atoms with Crippen LogP contribution in [0.25, 0.3) is 0 Å². The number of carboxylic acids is 1. The summed E-state index contributed by atoms with van der Waals surface area (Å²) in [6.45, 7) is 2.23. The number of aryl methyl sites for hydroxylation is 1. The van der Waals surface area contributed by atoms with Gasteiger partial charge in [-0.15, -0.1) is 0 Å². The molecular weight excluding hydrogens is 272 g/mol. The third-order valence-electron chi connectivity index (χ3n) is 3.71. The van der Waals surface area contributed by atoms with Crippen LogP contribution in [0.5, 0.6) is 0 Å². The fourth-order valence-corrected chi connectivity index (χ4v) is 2.69. The van der Waals surface area contributed by atoms with Gasteiger partial charge in [0.15, 0.2) is 0 Å². The van der Waals surface area contributed by atoms with Crippen molar-refractivity contribution in [1.29, 1.82) is 0 Å². The molecular formula is C15H14N2O4. The van der Waals surface area contributed by atoms with Crippen LogP contribution in [0.4, 0.5) is 5.69 Å². The van der Waals surface area contributed by atoms with Crippen molar-refractivity contribution in [3.05, 3.63) is 46.8 Å². The van der Waals surface area contributed by atoms with Crippen LogP contribution in [-0.2, 0) is 6.42 Å². The average Bonchev–Trinajstić information content (AvgIpc) is 2.91. The van der Waals surface area contributed by atoms with Crippen LogP contribution in [0.3, 0.4) is 0 Å². The van der Waals surface area contributed by atoms with E-state index in [-0.39, 0.29) is 11.5 Å². The average molecular weight is 286 g/mol.